The number of amides is 2. The predicted octanol–water partition coefficient (Wildman–Crippen LogP) is 3.50. The Bertz CT molecular complexity index is 1340. The minimum Gasteiger partial charge on any atom is -0.480 e. The van der Waals surface area contributed by atoms with Gasteiger partial charge in [0.2, 0.25) is 0 Å². The second kappa shape index (κ2) is 10.8. The summed E-state index contributed by atoms with van der Waals surface area (Å²) >= 11 is 0. The molecule has 1 saturated heterocycles. The highest BCUT2D eigenvalue weighted by molar-refractivity contribution is 5.81. The SMILES string of the molecule is CNC(=O)N1CCN(c2nc(Oc3cc(C)cc(-c4cccc(CN)c4)c3)c(F)cc2F)C(C(=O)O)C1. The van der Waals surface area contributed by atoms with E-state index >= 15 is 0 Å². The van der Waals surface area contributed by atoms with Gasteiger partial charge in [0.25, 0.3) is 5.88 Å². The summed E-state index contributed by atoms with van der Waals surface area (Å²) in [4.78, 5) is 30.5. The zero-order valence-electron chi connectivity index (χ0n) is 20.4. The number of hydrogen-bond donors (Lipinski definition) is 3. The smallest absolute Gasteiger partial charge is 0.328 e. The van der Waals surface area contributed by atoms with Crippen molar-refractivity contribution in [1.29, 1.82) is 0 Å². The average Bonchev–Trinajstić information content (AvgIpc) is 2.89. The number of nitrogens with zero attached hydrogens (tertiary/aromatic N) is 3. The zero-order chi connectivity index (χ0) is 26.7. The Kier molecular flexibility index (Phi) is 7.53. The Morgan fingerprint density at radius 2 is 1.92 bits per heavy atom. The molecule has 3 aromatic rings. The number of ether oxygens (including phenoxy) is 1. The molecule has 4 N–H and O–H groups in total. The minimum absolute atomic E-state index is 0.0224. The van der Waals surface area contributed by atoms with Crippen LogP contribution in [-0.2, 0) is 11.3 Å². The molecule has 1 aliphatic heterocycles. The Labute approximate surface area is 212 Å². The predicted molar refractivity (Wildman–Crippen MR) is 134 cm³/mol. The number of carbonyl (C=O) groups is 2. The Morgan fingerprint density at radius 1 is 1.14 bits per heavy atom. The third-order valence-corrected chi connectivity index (χ3v) is 6.08. The van der Waals surface area contributed by atoms with E-state index in [0.717, 1.165) is 22.3 Å². The Morgan fingerprint density at radius 3 is 2.62 bits per heavy atom. The number of anilines is 1. The lowest BCUT2D eigenvalue weighted by Crippen LogP contribution is -2.59. The first kappa shape index (κ1) is 25.8. The highest BCUT2D eigenvalue weighted by Gasteiger charge is 2.36. The van der Waals surface area contributed by atoms with Crippen LogP contribution in [0, 0.1) is 18.6 Å². The molecule has 2 amide bonds. The van der Waals surface area contributed by atoms with Gasteiger partial charge in [-0.15, -0.1) is 0 Å². The van der Waals surface area contributed by atoms with Crippen LogP contribution in [0.2, 0.25) is 0 Å². The van der Waals surface area contributed by atoms with Crippen LogP contribution in [0.25, 0.3) is 11.1 Å². The van der Waals surface area contributed by atoms with Gasteiger partial charge in [-0.05, 0) is 47.4 Å². The largest absolute Gasteiger partial charge is 0.480 e. The second-order valence-electron chi connectivity index (χ2n) is 8.67. The molecule has 37 heavy (non-hydrogen) atoms. The van der Waals surface area contributed by atoms with Crippen LogP contribution in [0.4, 0.5) is 19.4 Å². The summed E-state index contributed by atoms with van der Waals surface area (Å²) in [5.41, 5.74) is 9.24. The number of halogens is 2. The summed E-state index contributed by atoms with van der Waals surface area (Å²) in [6.45, 7) is 2.14. The summed E-state index contributed by atoms with van der Waals surface area (Å²) in [5, 5.41) is 12.2. The molecule has 0 saturated carbocycles. The van der Waals surface area contributed by atoms with Crippen LogP contribution in [0.3, 0.4) is 0 Å². The Balaban J connectivity index is 1.66. The van der Waals surface area contributed by atoms with Gasteiger partial charge in [-0.1, -0.05) is 24.3 Å². The van der Waals surface area contributed by atoms with E-state index in [1.165, 1.54) is 16.8 Å². The first-order valence-electron chi connectivity index (χ1n) is 11.6. The van der Waals surface area contributed by atoms with Crippen molar-refractivity contribution in [3.05, 3.63) is 71.3 Å². The maximum absolute atomic E-state index is 14.8. The van der Waals surface area contributed by atoms with Gasteiger partial charge in [0.15, 0.2) is 17.5 Å². The second-order valence-corrected chi connectivity index (χ2v) is 8.67. The molecule has 2 heterocycles. The van der Waals surface area contributed by atoms with E-state index in [-0.39, 0.29) is 31.2 Å². The summed E-state index contributed by atoms with van der Waals surface area (Å²) in [6, 6.07) is 11.9. The van der Waals surface area contributed by atoms with Crippen molar-refractivity contribution in [2.24, 2.45) is 5.73 Å². The van der Waals surface area contributed by atoms with Gasteiger partial charge < -0.3 is 30.7 Å². The van der Waals surface area contributed by atoms with E-state index in [0.29, 0.717) is 12.6 Å². The van der Waals surface area contributed by atoms with Crippen LogP contribution in [0.5, 0.6) is 11.6 Å². The maximum atomic E-state index is 14.8. The van der Waals surface area contributed by atoms with Crippen molar-refractivity contribution in [2.45, 2.75) is 19.5 Å². The molecular weight excluding hydrogens is 484 g/mol. The number of hydrogen-bond acceptors (Lipinski definition) is 6. The van der Waals surface area contributed by atoms with Crippen LogP contribution in [-0.4, -0.2) is 59.7 Å². The van der Waals surface area contributed by atoms with E-state index < -0.39 is 35.6 Å². The number of pyridine rings is 1. The molecule has 2 aromatic carbocycles. The first-order chi connectivity index (χ1) is 17.7. The van der Waals surface area contributed by atoms with Gasteiger partial charge in [0.05, 0.1) is 6.54 Å². The molecule has 11 heteroatoms. The molecule has 1 aromatic heterocycles. The first-order valence-corrected chi connectivity index (χ1v) is 11.6. The summed E-state index contributed by atoms with van der Waals surface area (Å²) in [6.07, 6.45) is 0. The summed E-state index contributed by atoms with van der Waals surface area (Å²) in [7, 11) is 1.43. The van der Waals surface area contributed by atoms with E-state index in [4.69, 9.17) is 10.5 Å². The standard InChI is InChI=1S/C26H27F2N5O4/c1-15-8-18(17-5-3-4-16(10-17)13-29)11-19(9-15)37-24-21(28)12-20(27)23(31-24)33-7-6-32(26(36)30-2)14-22(33)25(34)35/h3-5,8-12,22H,6-7,13-14,29H2,1-2H3,(H,30,36)(H,34,35). The van der Waals surface area contributed by atoms with E-state index in [1.54, 1.807) is 12.1 Å². The number of aromatic nitrogens is 1. The number of nitrogens with one attached hydrogen (secondary N) is 1. The van der Waals surface area contributed by atoms with Crippen LogP contribution < -0.4 is 20.7 Å². The molecular formula is C26H27F2N5O4. The van der Waals surface area contributed by atoms with Crippen molar-refractivity contribution < 1.29 is 28.2 Å². The van der Waals surface area contributed by atoms with Crippen LogP contribution in [0.15, 0.2) is 48.5 Å². The topological polar surface area (TPSA) is 121 Å². The molecule has 0 spiro atoms. The van der Waals surface area contributed by atoms with E-state index in [9.17, 15) is 23.5 Å². The highest BCUT2D eigenvalue weighted by Crippen LogP contribution is 2.33. The van der Waals surface area contributed by atoms with Crippen molar-refractivity contribution >= 4 is 17.8 Å². The number of carboxylic acid groups (broad SMARTS) is 1. The fourth-order valence-electron chi connectivity index (χ4n) is 4.27. The lowest BCUT2D eigenvalue weighted by molar-refractivity contribution is -0.139. The molecule has 0 aliphatic carbocycles. The molecule has 0 radical (unpaired) electrons. The molecule has 9 nitrogen and oxygen atoms in total. The van der Waals surface area contributed by atoms with Crippen molar-refractivity contribution in [3.8, 4) is 22.8 Å². The number of nitrogens with two attached hydrogens (primary N) is 1. The normalized spacial score (nSPS) is 15.4. The molecule has 1 fully saturated rings. The van der Waals surface area contributed by atoms with Crippen molar-refractivity contribution in [2.75, 3.05) is 31.6 Å². The number of piperazine rings is 1. The third kappa shape index (κ3) is 5.61. The maximum Gasteiger partial charge on any atom is 0.328 e. The van der Waals surface area contributed by atoms with Crippen LogP contribution in [0.1, 0.15) is 11.1 Å². The van der Waals surface area contributed by atoms with Gasteiger partial charge >= 0.3 is 12.0 Å². The number of carbonyl (C=O) groups excluding carboxylic acids is 1. The zero-order valence-corrected chi connectivity index (χ0v) is 20.4. The molecule has 1 atom stereocenters. The van der Waals surface area contributed by atoms with Crippen molar-refractivity contribution in [1.82, 2.24) is 15.2 Å². The quantitative estimate of drug-likeness (QED) is 0.463. The molecule has 4 rings (SSSR count). The number of carboxylic acids is 1. The van der Waals surface area contributed by atoms with Gasteiger partial charge in [0.1, 0.15) is 11.8 Å². The molecule has 1 aliphatic rings. The summed E-state index contributed by atoms with van der Waals surface area (Å²) < 4.78 is 35.3. The van der Waals surface area contributed by atoms with Gasteiger partial charge in [-0.3, -0.25) is 0 Å². The molecule has 194 valence electrons. The number of benzene rings is 2. The number of urea groups is 1. The minimum atomic E-state index is -1.29. The van der Waals surface area contributed by atoms with Crippen molar-refractivity contribution in [3.63, 3.8) is 0 Å². The highest BCUT2D eigenvalue weighted by atomic mass is 19.1. The molecule has 0 bridgehead atoms. The summed E-state index contributed by atoms with van der Waals surface area (Å²) in [5.74, 6) is -3.94. The molecule has 1 unspecified atom stereocenters. The van der Waals surface area contributed by atoms with Gasteiger partial charge in [-0.25, -0.2) is 18.4 Å². The van der Waals surface area contributed by atoms with Gasteiger partial charge in [0, 0.05) is 32.7 Å². The Hall–Kier alpha value is -4.25. The number of aryl methyl sites for hydroxylation is 1. The fraction of sp³-hybridized carbons (Fsp3) is 0.269. The lowest BCUT2D eigenvalue weighted by Gasteiger charge is -2.39. The van der Waals surface area contributed by atoms with Crippen LogP contribution >= 0.6 is 0 Å². The fourth-order valence-corrected chi connectivity index (χ4v) is 4.27. The lowest BCUT2D eigenvalue weighted by atomic mass is 10.0. The monoisotopic (exact) mass is 511 g/mol. The third-order valence-electron chi connectivity index (χ3n) is 6.08. The number of rotatable bonds is 6. The van der Waals surface area contributed by atoms with E-state index in [1.807, 2.05) is 37.3 Å². The number of aliphatic carboxylic acids is 1. The van der Waals surface area contributed by atoms with Gasteiger partial charge in [-0.2, -0.15) is 4.98 Å². The van der Waals surface area contributed by atoms with E-state index in [2.05, 4.69) is 10.3 Å². The average molecular weight is 512 g/mol.